The number of hydrogen-bond donors (Lipinski definition) is 1. The zero-order valence-corrected chi connectivity index (χ0v) is 13.5. The second kappa shape index (κ2) is 6.51. The molecule has 0 unspecified atom stereocenters. The average molecular weight is 359 g/mol. The van der Waals surface area contributed by atoms with Gasteiger partial charge in [0.2, 0.25) is 0 Å². The number of halogens is 1. The standard InChI is InChI=1S/C17H14FN3O5/c18-13-4-2-12(3-5-13)17(6-1-7-17)19-16(22)11-8-14(20(23)24)10-15(9-11)21(25)26/h2-5,8-10H,1,6-7H2,(H,19,22). The van der Waals surface area contributed by atoms with Crippen LogP contribution in [0.4, 0.5) is 15.8 Å². The first-order valence-corrected chi connectivity index (χ1v) is 7.83. The summed E-state index contributed by atoms with van der Waals surface area (Å²) in [5.41, 5.74) is -1.22. The van der Waals surface area contributed by atoms with Crippen LogP contribution in [-0.2, 0) is 5.54 Å². The molecule has 0 saturated heterocycles. The Labute approximate surface area is 146 Å². The summed E-state index contributed by atoms with van der Waals surface area (Å²) in [5, 5.41) is 24.8. The van der Waals surface area contributed by atoms with Crippen LogP contribution in [0.15, 0.2) is 42.5 Å². The number of hydrogen-bond acceptors (Lipinski definition) is 5. The lowest BCUT2D eigenvalue weighted by atomic mass is 9.71. The summed E-state index contributed by atoms with van der Waals surface area (Å²) in [4.78, 5) is 33.0. The maximum Gasteiger partial charge on any atom is 0.277 e. The van der Waals surface area contributed by atoms with Crippen molar-refractivity contribution in [3.8, 4) is 0 Å². The van der Waals surface area contributed by atoms with Gasteiger partial charge in [-0.15, -0.1) is 0 Å². The predicted octanol–water partition coefficient (Wildman–Crippen LogP) is 3.45. The van der Waals surface area contributed by atoms with Crippen LogP contribution in [-0.4, -0.2) is 15.8 Å². The molecule has 0 bridgehead atoms. The summed E-state index contributed by atoms with van der Waals surface area (Å²) >= 11 is 0. The normalized spacial score (nSPS) is 15.0. The first-order valence-electron chi connectivity index (χ1n) is 7.83. The Kier molecular flexibility index (Phi) is 4.37. The third kappa shape index (κ3) is 3.23. The van der Waals surface area contributed by atoms with E-state index in [-0.39, 0.29) is 5.56 Å². The van der Waals surface area contributed by atoms with Crippen molar-refractivity contribution in [1.82, 2.24) is 5.32 Å². The Bertz CT molecular complexity index is 862. The number of nitro benzene ring substituents is 2. The van der Waals surface area contributed by atoms with Gasteiger partial charge in [-0.05, 0) is 37.0 Å². The van der Waals surface area contributed by atoms with Crippen molar-refractivity contribution in [3.05, 3.63) is 79.6 Å². The molecule has 3 rings (SSSR count). The molecule has 2 aromatic rings. The van der Waals surface area contributed by atoms with Gasteiger partial charge in [-0.1, -0.05) is 12.1 Å². The molecule has 1 amide bonds. The lowest BCUT2D eigenvalue weighted by molar-refractivity contribution is -0.394. The lowest BCUT2D eigenvalue weighted by Crippen LogP contribution is -2.50. The van der Waals surface area contributed by atoms with Gasteiger partial charge in [-0.3, -0.25) is 25.0 Å². The molecule has 134 valence electrons. The molecule has 0 heterocycles. The fourth-order valence-electron chi connectivity index (χ4n) is 3.01. The number of nitrogens with one attached hydrogen (secondary N) is 1. The zero-order valence-electron chi connectivity index (χ0n) is 13.5. The van der Waals surface area contributed by atoms with E-state index in [1.165, 1.54) is 12.1 Å². The van der Waals surface area contributed by atoms with Crippen molar-refractivity contribution in [2.45, 2.75) is 24.8 Å². The quantitative estimate of drug-likeness (QED) is 0.648. The minimum Gasteiger partial charge on any atom is -0.343 e. The fraction of sp³-hybridized carbons (Fsp3) is 0.235. The smallest absolute Gasteiger partial charge is 0.277 e. The van der Waals surface area contributed by atoms with E-state index in [1.54, 1.807) is 12.1 Å². The summed E-state index contributed by atoms with van der Waals surface area (Å²) in [6.45, 7) is 0. The Morgan fingerprint density at radius 3 is 1.96 bits per heavy atom. The summed E-state index contributed by atoms with van der Waals surface area (Å²) in [6, 6.07) is 8.53. The minimum absolute atomic E-state index is 0.167. The molecule has 1 aliphatic rings. The molecule has 0 atom stereocenters. The maximum absolute atomic E-state index is 13.1. The highest BCUT2D eigenvalue weighted by Crippen LogP contribution is 2.41. The molecule has 26 heavy (non-hydrogen) atoms. The highest BCUT2D eigenvalue weighted by Gasteiger charge is 2.40. The van der Waals surface area contributed by atoms with Gasteiger partial charge in [-0.2, -0.15) is 0 Å². The van der Waals surface area contributed by atoms with Gasteiger partial charge in [0.1, 0.15) is 5.82 Å². The second-order valence-corrected chi connectivity index (χ2v) is 6.15. The Morgan fingerprint density at radius 1 is 1.00 bits per heavy atom. The molecule has 2 aromatic carbocycles. The van der Waals surface area contributed by atoms with Gasteiger partial charge in [-0.25, -0.2) is 4.39 Å². The second-order valence-electron chi connectivity index (χ2n) is 6.15. The highest BCUT2D eigenvalue weighted by molar-refractivity contribution is 5.96. The van der Waals surface area contributed by atoms with Crippen LogP contribution in [0.1, 0.15) is 35.2 Å². The Balaban J connectivity index is 1.92. The summed E-state index contributed by atoms with van der Waals surface area (Å²) < 4.78 is 13.1. The van der Waals surface area contributed by atoms with Crippen molar-refractivity contribution in [2.24, 2.45) is 0 Å². The highest BCUT2D eigenvalue weighted by atomic mass is 19.1. The molecular formula is C17H14FN3O5. The first kappa shape index (κ1) is 17.5. The Morgan fingerprint density at radius 2 is 1.54 bits per heavy atom. The van der Waals surface area contributed by atoms with Crippen LogP contribution < -0.4 is 5.32 Å². The van der Waals surface area contributed by atoms with E-state index in [0.29, 0.717) is 12.8 Å². The molecule has 8 nitrogen and oxygen atoms in total. The number of benzene rings is 2. The number of nitrogens with zero attached hydrogens (tertiary/aromatic N) is 2. The van der Waals surface area contributed by atoms with Crippen molar-refractivity contribution < 1.29 is 19.0 Å². The monoisotopic (exact) mass is 359 g/mol. The van der Waals surface area contributed by atoms with Crippen LogP contribution in [0.2, 0.25) is 0 Å². The largest absolute Gasteiger partial charge is 0.343 e. The summed E-state index contributed by atoms with van der Waals surface area (Å²) in [5.74, 6) is -1.05. The minimum atomic E-state index is -0.789. The van der Waals surface area contributed by atoms with E-state index in [9.17, 15) is 29.4 Å². The van der Waals surface area contributed by atoms with E-state index in [1.807, 2.05) is 0 Å². The molecule has 0 spiro atoms. The summed E-state index contributed by atoms with van der Waals surface area (Å²) in [6.07, 6.45) is 2.11. The van der Waals surface area contributed by atoms with Crippen LogP contribution >= 0.6 is 0 Å². The van der Waals surface area contributed by atoms with Crippen molar-refractivity contribution in [3.63, 3.8) is 0 Å². The third-order valence-corrected chi connectivity index (χ3v) is 4.54. The van der Waals surface area contributed by atoms with Gasteiger partial charge < -0.3 is 5.32 Å². The van der Waals surface area contributed by atoms with Crippen molar-refractivity contribution in [1.29, 1.82) is 0 Å². The first-order chi connectivity index (χ1) is 12.3. The number of carbonyl (C=O) groups excluding carboxylic acids is 1. The molecule has 1 aliphatic carbocycles. The number of amides is 1. The molecule has 1 saturated carbocycles. The number of rotatable bonds is 5. The van der Waals surface area contributed by atoms with Crippen LogP contribution in [0.25, 0.3) is 0 Å². The van der Waals surface area contributed by atoms with Gasteiger partial charge in [0, 0.05) is 12.1 Å². The van der Waals surface area contributed by atoms with Gasteiger partial charge in [0.15, 0.2) is 0 Å². The average Bonchev–Trinajstić information content (AvgIpc) is 2.58. The number of carbonyl (C=O) groups is 1. The third-order valence-electron chi connectivity index (χ3n) is 4.54. The summed E-state index contributed by atoms with van der Waals surface area (Å²) in [7, 11) is 0. The molecule has 1 N–H and O–H groups in total. The zero-order chi connectivity index (χ0) is 18.9. The van der Waals surface area contributed by atoms with Gasteiger partial charge >= 0.3 is 0 Å². The lowest BCUT2D eigenvalue weighted by Gasteiger charge is -2.43. The molecule has 1 fully saturated rings. The SMILES string of the molecule is O=C(NC1(c2ccc(F)cc2)CCC1)c1cc([N+](=O)[O-])cc([N+](=O)[O-])c1. The van der Waals surface area contributed by atoms with Crippen LogP contribution in [0.3, 0.4) is 0 Å². The van der Waals surface area contributed by atoms with Gasteiger partial charge in [0.25, 0.3) is 17.3 Å². The van der Waals surface area contributed by atoms with E-state index < -0.39 is 38.5 Å². The van der Waals surface area contributed by atoms with Crippen LogP contribution in [0, 0.1) is 26.0 Å². The van der Waals surface area contributed by atoms with Crippen molar-refractivity contribution >= 4 is 17.3 Å². The number of nitro groups is 2. The topological polar surface area (TPSA) is 115 Å². The van der Waals surface area contributed by atoms with Crippen LogP contribution in [0.5, 0.6) is 0 Å². The Hall–Kier alpha value is -3.36. The predicted molar refractivity (Wildman–Crippen MR) is 89.1 cm³/mol. The van der Waals surface area contributed by atoms with E-state index in [2.05, 4.69) is 5.32 Å². The van der Waals surface area contributed by atoms with E-state index in [4.69, 9.17) is 0 Å². The van der Waals surface area contributed by atoms with Crippen molar-refractivity contribution in [2.75, 3.05) is 0 Å². The molecule has 0 radical (unpaired) electrons. The van der Waals surface area contributed by atoms with E-state index >= 15 is 0 Å². The van der Waals surface area contributed by atoms with E-state index in [0.717, 1.165) is 30.2 Å². The number of non-ortho nitro benzene ring substituents is 2. The molecule has 0 aromatic heterocycles. The fourth-order valence-corrected chi connectivity index (χ4v) is 3.01. The molecule has 9 heteroatoms. The molecule has 0 aliphatic heterocycles. The molecular weight excluding hydrogens is 345 g/mol. The maximum atomic E-state index is 13.1. The van der Waals surface area contributed by atoms with Gasteiger partial charge in [0.05, 0.1) is 27.0 Å².